The van der Waals surface area contributed by atoms with Gasteiger partial charge in [0.15, 0.2) is 0 Å². The average molecular weight is 175 g/mol. The van der Waals surface area contributed by atoms with E-state index >= 15 is 0 Å². The van der Waals surface area contributed by atoms with Gasteiger partial charge in [0, 0.05) is 6.42 Å². The second-order valence-electron chi connectivity index (χ2n) is 2.74. The predicted octanol–water partition coefficient (Wildman–Crippen LogP) is -1.04. The number of carbonyl (C=O) groups is 2. The molecule has 3 amide bonds. The maximum Gasteiger partial charge on any atom is 0.315 e. The zero-order valence-corrected chi connectivity index (χ0v) is 6.37. The Labute approximate surface area is 68.5 Å². The van der Waals surface area contributed by atoms with Crippen molar-refractivity contribution >= 4 is 11.9 Å². The first-order valence-electron chi connectivity index (χ1n) is 3.52. The highest BCUT2D eigenvalue weighted by atomic mass is 19.1. The third kappa shape index (κ3) is 1.46. The fraction of sp³-hybridized carbons (Fsp3) is 0.667. The van der Waals surface area contributed by atoms with Crippen molar-refractivity contribution in [2.75, 3.05) is 6.54 Å². The molecule has 1 aliphatic rings. The van der Waals surface area contributed by atoms with E-state index in [1.807, 2.05) is 0 Å². The summed E-state index contributed by atoms with van der Waals surface area (Å²) >= 11 is 0. The monoisotopic (exact) mass is 175 g/mol. The molecule has 2 unspecified atom stereocenters. The first-order chi connectivity index (χ1) is 5.52. The molecule has 1 heterocycles. The van der Waals surface area contributed by atoms with Crippen molar-refractivity contribution in [1.82, 2.24) is 4.90 Å². The SMILES string of the molecule is NC(=O)C1CC(F)CN1C(N)=O. The van der Waals surface area contributed by atoms with Crippen molar-refractivity contribution in [3.05, 3.63) is 0 Å². The number of likely N-dealkylation sites (tertiary alicyclic amines) is 1. The van der Waals surface area contributed by atoms with Crippen molar-refractivity contribution in [2.24, 2.45) is 11.5 Å². The van der Waals surface area contributed by atoms with Crippen LogP contribution in [-0.4, -0.2) is 35.6 Å². The molecule has 1 saturated heterocycles. The van der Waals surface area contributed by atoms with Crippen molar-refractivity contribution < 1.29 is 14.0 Å². The Kier molecular flexibility index (Phi) is 2.16. The number of primary amides is 2. The van der Waals surface area contributed by atoms with E-state index in [0.717, 1.165) is 4.90 Å². The number of rotatable bonds is 1. The highest BCUT2D eigenvalue weighted by Gasteiger charge is 2.37. The molecule has 5 nitrogen and oxygen atoms in total. The maximum atomic E-state index is 12.7. The lowest BCUT2D eigenvalue weighted by atomic mass is 10.2. The van der Waals surface area contributed by atoms with Gasteiger partial charge in [-0.05, 0) is 0 Å². The molecule has 1 fully saturated rings. The molecule has 6 heteroatoms. The number of nitrogens with zero attached hydrogens (tertiary/aromatic N) is 1. The molecular weight excluding hydrogens is 165 g/mol. The second-order valence-corrected chi connectivity index (χ2v) is 2.74. The highest BCUT2D eigenvalue weighted by molar-refractivity contribution is 5.86. The first-order valence-corrected chi connectivity index (χ1v) is 3.52. The van der Waals surface area contributed by atoms with Crippen LogP contribution in [0.2, 0.25) is 0 Å². The second kappa shape index (κ2) is 2.96. The van der Waals surface area contributed by atoms with E-state index in [2.05, 4.69) is 0 Å². The molecule has 0 aromatic rings. The lowest BCUT2D eigenvalue weighted by molar-refractivity contribution is -0.121. The zero-order chi connectivity index (χ0) is 9.30. The quantitative estimate of drug-likeness (QED) is 0.533. The van der Waals surface area contributed by atoms with Gasteiger partial charge in [-0.1, -0.05) is 0 Å². The van der Waals surface area contributed by atoms with Gasteiger partial charge in [-0.15, -0.1) is 0 Å². The number of alkyl halides is 1. The molecule has 2 atom stereocenters. The van der Waals surface area contributed by atoms with E-state index in [9.17, 15) is 14.0 Å². The van der Waals surface area contributed by atoms with Crippen LogP contribution in [0.5, 0.6) is 0 Å². The molecule has 68 valence electrons. The third-order valence-electron chi connectivity index (χ3n) is 1.86. The van der Waals surface area contributed by atoms with Gasteiger partial charge in [0.25, 0.3) is 0 Å². The Morgan fingerprint density at radius 2 is 2.00 bits per heavy atom. The van der Waals surface area contributed by atoms with Crippen molar-refractivity contribution in [3.63, 3.8) is 0 Å². The molecule has 12 heavy (non-hydrogen) atoms. The van der Waals surface area contributed by atoms with Crippen LogP contribution in [0.1, 0.15) is 6.42 Å². The van der Waals surface area contributed by atoms with Crippen molar-refractivity contribution in [2.45, 2.75) is 18.6 Å². The van der Waals surface area contributed by atoms with E-state index in [1.54, 1.807) is 0 Å². The van der Waals surface area contributed by atoms with Crippen LogP contribution in [0.4, 0.5) is 9.18 Å². The summed E-state index contributed by atoms with van der Waals surface area (Å²) in [5.41, 5.74) is 9.83. The third-order valence-corrected chi connectivity index (χ3v) is 1.86. The fourth-order valence-corrected chi connectivity index (χ4v) is 1.30. The topological polar surface area (TPSA) is 89.4 Å². The largest absolute Gasteiger partial charge is 0.368 e. The van der Waals surface area contributed by atoms with Gasteiger partial charge in [-0.25, -0.2) is 9.18 Å². The Morgan fingerprint density at radius 3 is 2.33 bits per heavy atom. The molecule has 1 aliphatic heterocycles. The minimum Gasteiger partial charge on any atom is -0.368 e. The summed E-state index contributed by atoms with van der Waals surface area (Å²) in [6.45, 7) is -0.136. The highest BCUT2D eigenvalue weighted by Crippen LogP contribution is 2.19. The van der Waals surface area contributed by atoms with Crippen molar-refractivity contribution in [3.8, 4) is 0 Å². The summed E-state index contributed by atoms with van der Waals surface area (Å²) < 4.78 is 12.7. The van der Waals surface area contributed by atoms with E-state index in [-0.39, 0.29) is 13.0 Å². The average Bonchev–Trinajstić information content (AvgIpc) is 2.31. The summed E-state index contributed by atoms with van der Waals surface area (Å²) in [7, 11) is 0. The molecule has 0 aromatic heterocycles. The van der Waals surface area contributed by atoms with Crippen LogP contribution in [-0.2, 0) is 4.79 Å². The van der Waals surface area contributed by atoms with E-state index in [4.69, 9.17) is 11.5 Å². The van der Waals surface area contributed by atoms with Crippen LogP contribution >= 0.6 is 0 Å². The minimum absolute atomic E-state index is 0.0434. The fourth-order valence-electron chi connectivity index (χ4n) is 1.30. The molecule has 0 aliphatic carbocycles. The summed E-state index contributed by atoms with van der Waals surface area (Å²) in [4.78, 5) is 22.3. The number of hydrogen-bond donors (Lipinski definition) is 2. The predicted molar refractivity (Wildman–Crippen MR) is 38.8 cm³/mol. The van der Waals surface area contributed by atoms with E-state index in [1.165, 1.54) is 0 Å². The Morgan fingerprint density at radius 1 is 1.42 bits per heavy atom. The number of amides is 3. The van der Waals surface area contributed by atoms with Crippen LogP contribution in [0, 0.1) is 0 Å². The zero-order valence-electron chi connectivity index (χ0n) is 6.37. The standard InChI is InChI=1S/C6H10FN3O2/c7-3-1-4(5(8)11)10(2-3)6(9)12/h3-4H,1-2H2,(H2,8,11)(H2,9,12). The number of urea groups is 1. The van der Waals surface area contributed by atoms with Crippen molar-refractivity contribution in [1.29, 1.82) is 0 Å². The number of nitrogens with two attached hydrogens (primary N) is 2. The van der Waals surface area contributed by atoms with Crippen LogP contribution in [0.25, 0.3) is 0 Å². The summed E-state index contributed by atoms with van der Waals surface area (Å²) in [5, 5.41) is 0. The van der Waals surface area contributed by atoms with Gasteiger partial charge in [0.05, 0.1) is 6.54 Å². The van der Waals surface area contributed by atoms with Gasteiger partial charge in [-0.2, -0.15) is 0 Å². The molecule has 0 spiro atoms. The normalized spacial score (nSPS) is 28.9. The molecule has 1 rings (SSSR count). The first kappa shape index (κ1) is 8.76. The lowest BCUT2D eigenvalue weighted by Crippen LogP contribution is -2.46. The van der Waals surface area contributed by atoms with Gasteiger partial charge in [-0.3, -0.25) is 4.79 Å². The minimum atomic E-state index is -1.20. The Balaban J connectivity index is 2.72. The van der Waals surface area contributed by atoms with Crippen LogP contribution in [0.15, 0.2) is 0 Å². The van der Waals surface area contributed by atoms with Gasteiger partial charge < -0.3 is 16.4 Å². The maximum absolute atomic E-state index is 12.7. The summed E-state index contributed by atoms with van der Waals surface area (Å²) in [6.07, 6.45) is -1.24. The Hall–Kier alpha value is -1.33. The number of carbonyl (C=O) groups excluding carboxylic acids is 2. The van der Waals surface area contributed by atoms with Crippen LogP contribution in [0.3, 0.4) is 0 Å². The van der Waals surface area contributed by atoms with E-state index < -0.39 is 24.2 Å². The summed E-state index contributed by atoms with van der Waals surface area (Å²) in [6, 6.07) is -1.68. The van der Waals surface area contributed by atoms with Gasteiger partial charge >= 0.3 is 6.03 Å². The smallest absolute Gasteiger partial charge is 0.315 e. The molecule has 0 aromatic carbocycles. The van der Waals surface area contributed by atoms with Crippen LogP contribution < -0.4 is 11.5 Å². The van der Waals surface area contributed by atoms with E-state index in [0.29, 0.717) is 0 Å². The summed E-state index contributed by atoms with van der Waals surface area (Å²) in [5.74, 6) is -0.714. The van der Waals surface area contributed by atoms with Gasteiger partial charge in [0.1, 0.15) is 12.2 Å². The number of hydrogen-bond acceptors (Lipinski definition) is 2. The van der Waals surface area contributed by atoms with Gasteiger partial charge in [0.2, 0.25) is 5.91 Å². The molecule has 0 bridgehead atoms. The Bertz CT molecular complexity index is 199. The molecule has 0 saturated carbocycles. The molecule has 4 N–H and O–H groups in total. The molecule has 0 radical (unpaired) electrons. The number of halogens is 1. The lowest BCUT2D eigenvalue weighted by Gasteiger charge is -2.18. The molecular formula is C6H10FN3O2.